The predicted octanol–water partition coefficient (Wildman–Crippen LogP) is 2.55. The molecule has 2 heteroatoms. The van der Waals surface area contributed by atoms with E-state index in [-0.39, 0.29) is 5.92 Å². The van der Waals surface area contributed by atoms with Gasteiger partial charge >= 0.3 is 0 Å². The van der Waals surface area contributed by atoms with E-state index < -0.39 is 0 Å². The van der Waals surface area contributed by atoms with Crippen molar-refractivity contribution >= 4 is 6.29 Å². The van der Waals surface area contributed by atoms with Crippen LogP contribution in [0.25, 0.3) is 0 Å². The summed E-state index contributed by atoms with van der Waals surface area (Å²) in [6.45, 7) is 3.62. The molecule has 0 spiro atoms. The fourth-order valence-electron chi connectivity index (χ4n) is 1.30. The second-order valence-corrected chi connectivity index (χ2v) is 3.04. The minimum Gasteiger partial charge on any atom is -0.497 e. The molecule has 0 saturated carbocycles. The van der Waals surface area contributed by atoms with Gasteiger partial charge in [-0.3, -0.25) is 0 Å². The Kier molecular flexibility index (Phi) is 3.92. The molecule has 0 aliphatic rings. The summed E-state index contributed by atoms with van der Waals surface area (Å²) in [4.78, 5) is 10.8. The van der Waals surface area contributed by atoms with E-state index in [1.54, 1.807) is 13.2 Å². The lowest BCUT2D eigenvalue weighted by Gasteiger charge is -2.08. The topological polar surface area (TPSA) is 26.3 Å². The molecule has 2 nitrogen and oxygen atoms in total. The maximum atomic E-state index is 10.8. The van der Waals surface area contributed by atoms with Gasteiger partial charge in [0.1, 0.15) is 12.0 Å². The van der Waals surface area contributed by atoms with E-state index >= 15 is 0 Å². The number of carbonyl (C=O) groups is 1. The van der Waals surface area contributed by atoms with Crippen LogP contribution in [0.4, 0.5) is 0 Å². The summed E-state index contributed by atoms with van der Waals surface area (Å²) in [6.07, 6.45) is 3.38. The molecule has 0 aliphatic heterocycles. The summed E-state index contributed by atoms with van der Waals surface area (Å²) in [5.41, 5.74) is 1.00. The van der Waals surface area contributed by atoms with Crippen molar-refractivity contribution in [2.75, 3.05) is 7.11 Å². The molecule has 0 radical (unpaired) electrons. The molecule has 0 heterocycles. The van der Waals surface area contributed by atoms with Crippen LogP contribution in [-0.4, -0.2) is 13.4 Å². The van der Waals surface area contributed by atoms with Gasteiger partial charge in [0.05, 0.1) is 7.11 Å². The number of methoxy groups -OCH3 is 1. The van der Waals surface area contributed by atoms with Crippen molar-refractivity contribution < 1.29 is 9.53 Å². The highest BCUT2D eigenvalue weighted by molar-refractivity contribution is 5.62. The standard InChI is InChI=1S/C12H14O2/c1-3-4-11(9-13)10-5-7-12(14-2)8-6-10/h3,5-9,11H,1,4H2,2H3. The number of carbonyl (C=O) groups excluding carboxylic acids is 1. The molecule has 1 unspecified atom stereocenters. The Labute approximate surface area is 84.2 Å². The van der Waals surface area contributed by atoms with Crippen LogP contribution in [0.1, 0.15) is 17.9 Å². The van der Waals surface area contributed by atoms with Crippen LogP contribution in [0.2, 0.25) is 0 Å². The van der Waals surface area contributed by atoms with Gasteiger partial charge in [-0.15, -0.1) is 6.58 Å². The molecule has 0 saturated heterocycles. The van der Waals surface area contributed by atoms with Gasteiger partial charge in [-0.25, -0.2) is 0 Å². The highest BCUT2D eigenvalue weighted by Gasteiger charge is 2.07. The molecule has 1 aromatic carbocycles. The third-order valence-corrected chi connectivity index (χ3v) is 2.13. The average molecular weight is 190 g/mol. The van der Waals surface area contributed by atoms with E-state index in [1.165, 1.54) is 0 Å². The van der Waals surface area contributed by atoms with Crippen molar-refractivity contribution in [1.82, 2.24) is 0 Å². The maximum absolute atomic E-state index is 10.8. The molecule has 0 aromatic heterocycles. The van der Waals surface area contributed by atoms with Crippen molar-refractivity contribution in [3.8, 4) is 5.75 Å². The Hall–Kier alpha value is -1.57. The second kappa shape index (κ2) is 5.22. The van der Waals surface area contributed by atoms with Crippen LogP contribution >= 0.6 is 0 Å². The maximum Gasteiger partial charge on any atom is 0.127 e. The molecule has 0 fully saturated rings. The first-order valence-electron chi connectivity index (χ1n) is 4.52. The van der Waals surface area contributed by atoms with Crippen molar-refractivity contribution in [3.05, 3.63) is 42.5 Å². The highest BCUT2D eigenvalue weighted by Crippen LogP contribution is 2.20. The van der Waals surface area contributed by atoms with E-state index in [2.05, 4.69) is 6.58 Å². The average Bonchev–Trinajstić information content (AvgIpc) is 2.26. The SMILES string of the molecule is C=CCC(C=O)c1ccc(OC)cc1. The first-order chi connectivity index (χ1) is 6.81. The fraction of sp³-hybridized carbons (Fsp3) is 0.250. The minimum absolute atomic E-state index is 0.0848. The normalized spacial score (nSPS) is 11.8. The summed E-state index contributed by atoms with van der Waals surface area (Å²) in [5.74, 6) is 0.718. The molecule has 14 heavy (non-hydrogen) atoms. The Morgan fingerprint density at radius 2 is 2.07 bits per heavy atom. The zero-order valence-electron chi connectivity index (χ0n) is 8.27. The Balaban J connectivity index is 2.82. The van der Waals surface area contributed by atoms with E-state index in [9.17, 15) is 4.79 Å². The Morgan fingerprint density at radius 1 is 1.43 bits per heavy atom. The van der Waals surface area contributed by atoms with Gasteiger partial charge in [0.2, 0.25) is 0 Å². The number of aldehydes is 1. The quantitative estimate of drug-likeness (QED) is 0.527. The summed E-state index contributed by atoms with van der Waals surface area (Å²) >= 11 is 0. The smallest absolute Gasteiger partial charge is 0.127 e. The van der Waals surface area contributed by atoms with Crippen molar-refractivity contribution in [2.24, 2.45) is 0 Å². The molecular formula is C12H14O2. The van der Waals surface area contributed by atoms with Crippen molar-refractivity contribution in [2.45, 2.75) is 12.3 Å². The molecule has 1 rings (SSSR count). The fourth-order valence-corrected chi connectivity index (χ4v) is 1.30. The summed E-state index contributed by atoms with van der Waals surface area (Å²) < 4.78 is 5.03. The van der Waals surface area contributed by atoms with E-state index in [4.69, 9.17) is 4.74 Å². The van der Waals surface area contributed by atoms with Crippen LogP contribution in [0.5, 0.6) is 5.75 Å². The minimum atomic E-state index is -0.0848. The van der Waals surface area contributed by atoms with Gasteiger partial charge in [-0.1, -0.05) is 18.2 Å². The number of hydrogen-bond acceptors (Lipinski definition) is 2. The molecule has 0 amide bonds. The number of ether oxygens (including phenoxy) is 1. The first-order valence-corrected chi connectivity index (χ1v) is 4.52. The zero-order valence-corrected chi connectivity index (χ0v) is 8.27. The van der Waals surface area contributed by atoms with Crippen LogP contribution in [0, 0.1) is 0 Å². The second-order valence-electron chi connectivity index (χ2n) is 3.04. The number of benzene rings is 1. The van der Waals surface area contributed by atoms with E-state index in [1.807, 2.05) is 24.3 Å². The van der Waals surface area contributed by atoms with Crippen molar-refractivity contribution in [3.63, 3.8) is 0 Å². The van der Waals surface area contributed by atoms with Crippen LogP contribution in [0.15, 0.2) is 36.9 Å². The molecule has 74 valence electrons. The van der Waals surface area contributed by atoms with Crippen LogP contribution in [0.3, 0.4) is 0 Å². The number of hydrogen-bond donors (Lipinski definition) is 0. The lowest BCUT2D eigenvalue weighted by atomic mass is 9.97. The molecular weight excluding hydrogens is 176 g/mol. The van der Waals surface area contributed by atoms with Gasteiger partial charge in [-0.2, -0.15) is 0 Å². The van der Waals surface area contributed by atoms with E-state index in [0.29, 0.717) is 6.42 Å². The molecule has 0 N–H and O–H groups in total. The largest absolute Gasteiger partial charge is 0.497 e. The van der Waals surface area contributed by atoms with Crippen LogP contribution < -0.4 is 4.74 Å². The predicted molar refractivity (Wildman–Crippen MR) is 56.6 cm³/mol. The van der Waals surface area contributed by atoms with Gasteiger partial charge < -0.3 is 9.53 Å². The summed E-state index contributed by atoms with van der Waals surface area (Å²) in [6, 6.07) is 7.52. The number of allylic oxidation sites excluding steroid dienone is 1. The van der Waals surface area contributed by atoms with Crippen molar-refractivity contribution in [1.29, 1.82) is 0 Å². The first kappa shape index (κ1) is 10.5. The van der Waals surface area contributed by atoms with Gasteiger partial charge in [-0.05, 0) is 24.1 Å². The monoisotopic (exact) mass is 190 g/mol. The lowest BCUT2D eigenvalue weighted by molar-refractivity contribution is -0.109. The Morgan fingerprint density at radius 3 is 2.50 bits per heavy atom. The van der Waals surface area contributed by atoms with Gasteiger partial charge in [0, 0.05) is 5.92 Å². The number of rotatable bonds is 5. The highest BCUT2D eigenvalue weighted by atomic mass is 16.5. The van der Waals surface area contributed by atoms with E-state index in [0.717, 1.165) is 17.6 Å². The third kappa shape index (κ3) is 2.46. The molecule has 0 aliphatic carbocycles. The van der Waals surface area contributed by atoms with Gasteiger partial charge in [0.15, 0.2) is 0 Å². The molecule has 0 bridgehead atoms. The third-order valence-electron chi connectivity index (χ3n) is 2.13. The lowest BCUT2D eigenvalue weighted by Crippen LogP contribution is -1.98. The summed E-state index contributed by atoms with van der Waals surface area (Å²) in [5, 5.41) is 0. The van der Waals surface area contributed by atoms with Gasteiger partial charge in [0.25, 0.3) is 0 Å². The Bertz CT molecular complexity index is 301. The zero-order chi connectivity index (χ0) is 10.4. The van der Waals surface area contributed by atoms with Crippen LogP contribution in [-0.2, 0) is 4.79 Å². The molecule has 1 atom stereocenters. The molecule has 1 aromatic rings. The summed E-state index contributed by atoms with van der Waals surface area (Å²) in [7, 11) is 1.62.